The van der Waals surface area contributed by atoms with Gasteiger partial charge in [-0.05, 0) is 52.7 Å². The predicted octanol–water partition coefficient (Wildman–Crippen LogP) is 5.78. The minimum atomic E-state index is -3.78. The van der Waals surface area contributed by atoms with Crippen LogP contribution >= 0.6 is 49.8 Å². The maximum atomic E-state index is 11.3. The van der Waals surface area contributed by atoms with E-state index >= 15 is 0 Å². The molecule has 0 spiro atoms. The highest BCUT2D eigenvalue weighted by molar-refractivity contribution is 9.10. The van der Waals surface area contributed by atoms with Crippen LogP contribution in [0.1, 0.15) is 5.56 Å². The molecule has 0 aromatic heterocycles. The Balaban J connectivity index is 2.38. The van der Waals surface area contributed by atoms with E-state index in [-0.39, 0.29) is 4.90 Å². The molecule has 2 aromatic carbocycles. The smallest absolute Gasteiger partial charge is 0.261 e. The summed E-state index contributed by atoms with van der Waals surface area (Å²) in [7, 11) is 1.55. The average Bonchev–Trinajstić information content (AvgIpc) is 2.34. The second kappa shape index (κ2) is 6.34. The summed E-state index contributed by atoms with van der Waals surface area (Å²) in [6.45, 7) is 1.62. The Morgan fingerprint density at radius 1 is 1.10 bits per heavy atom. The van der Waals surface area contributed by atoms with Crippen LogP contribution in [0.2, 0.25) is 10.0 Å². The van der Waals surface area contributed by atoms with Gasteiger partial charge in [0.1, 0.15) is 11.5 Å². The number of ether oxygens (including phenoxy) is 1. The highest BCUT2D eigenvalue weighted by Crippen LogP contribution is 2.37. The summed E-state index contributed by atoms with van der Waals surface area (Å²) in [6.07, 6.45) is 0. The minimum Gasteiger partial charge on any atom is -0.456 e. The van der Waals surface area contributed by atoms with Gasteiger partial charge in [-0.1, -0.05) is 23.2 Å². The molecule has 0 bridgehead atoms. The molecule has 21 heavy (non-hydrogen) atoms. The standard InChI is InChI=1S/C13H8BrCl3O3S/c1-7-4-8(2-3-13(7)21(17,18)19)20-12-6-10(15)9(14)5-11(12)16/h2-6H,1H3. The second-order valence-corrected chi connectivity index (χ2v) is 8.37. The molecule has 2 rings (SSSR count). The molecule has 0 atom stereocenters. The summed E-state index contributed by atoms with van der Waals surface area (Å²) in [5, 5.41) is 0.823. The van der Waals surface area contributed by atoms with Crippen molar-refractivity contribution in [2.75, 3.05) is 0 Å². The van der Waals surface area contributed by atoms with Gasteiger partial charge in [-0.15, -0.1) is 0 Å². The Labute approximate surface area is 145 Å². The van der Waals surface area contributed by atoms with Crippen LogP contribution in [-0.2, 0) is 9.05 Å². The van der Waals surface area contributed by atoms with Crippen molar-refractivity contribution in [1.82, 2.24) is 0 Å². The number of rotatable bonds is 3. The van der Waals surface area contributed by atoms with Crippen molar-refractivity contribution in [2.24, 2.45) is 0 Å². The van der Waals surface area contributed by atoms with Gasteiger partial charge in [0.15, 0.2) is 0 Å². The first-order valence-corrected chi connectivity index (χ1v) is 9.42. The molecule has 0 aliphatic carbocycles. The molecule has 8 heteroatoms. The van der Waals surface area contributed by atoms with E-state index in [0.717, 1.165) is 0 Å². The topological polar surface area (TPSA) is 43.4 Å². The number of halogens is 4. The molecule has 0 N–H and O–H groups in total. The normalized spacial score (nSPS) is 11.5. The molecule has 3 nitrogen and oxygen atoms in total. The van der Waals surface area contributed by atoms with Crippen LogP contribution < -0.4 is 4.74 Å². The molecule has 0 aliphatic rings. The average molecular weight is 431 g/mol. The largest absolute Gasteiger partial charge is 0.456 e. The SMILES string of the molecule is Cc1cc(Oc2cc(Cl)c(Br)cc2Cl)ccc1S(=O)(=O)Cl. The van der Waals surface area contributed by atoms with Crippen molar-refractivity contribution in [2.45, 2.75) is 11.8 Å². The lowest BCUT2D eigenvalue weighted by Gasteiger charge is -2.10. The third-order valence-electron chi connectivity index (χ3n) is 2.61. The molecule has 0 aliphatic heterocycles. The maximum Gasteiger partial charge on any atom is 0.261 e. The van der Waals surface area contributed by atoms with Gasteiger partial charge in [0.2, 0.25) is 0 Å². The summed E-state index contributed by atoms with van der Waals surface area (Å²) >= 11 is 15.3. The Morgan fingerprint density at radius 2 is 1.76 bits per heavy atom. The zero-order valence-electron chi connectivity index (χ0n) is 10.5. The fourth-order valence-corrected chi connectivity index (χ4v) is 3.69. The fraction of sp³-hybridized carbons (Fsp3) is 0.0769. The second-order valence-electron chi connectivity index (χ2n) is 4.16. The fourth-order valence-electron chi connectivity index (χ4n) is 1.67. The van der Waals surface area contributed by atoms with Gasteiger partial charge in [0.25, 0.3) is 9.05 Å². The van der Waals surface area contributed by atoms with E-state index in [1.807, 2.05) is 0 Å². The van der Waals surface area contributed by atoms with E-state index in [1.54, 1.807) is 25.1 Å². The molecular formula is C13H8BrCl3O3S. The number of benzene rings is 2. The van der Waals surface area contributed by atoms with Crippen LogP contribution in [0.4, 0.5) is 0 Å². The van der Waals surface area contributed by atoms with E-state index in [1.165, 1.54) is 12.1 Å². The van der Waals surface area contributed by atoms with Crippen LogP contribution in [0.5, 0.6) is 11.5 Å². The third-order valence-corrected chi connectivity index (χ3v) is 5.59. The van der Waals surface area contributed by atoms with Crippen LogP contribution in [0, 0.1) is 6.92 Å². The van der Waals surface area contributed by atoms with Crippen LogP contribution in [-0.4, -0.2) is 8.42 Å². The Bertz CT molecular complexity index is 807. The molecule has 0 radical (unpaired) electrons. The monoisotopic (exact) mass is 428 g/mol. The molecule has 0 saturated carbocycles. The van der Waals surface area contributed by atoms with Crippen molar-refractivity contribution in [3.05, 3.63) is 50.4 Å². The molecule has 2 aromatic rings. The van der Waals surface area contributed by atoms with E-state index in [0.29, 0.717) is 31.6 Å². The molecule has 0 amide bonds. The summed E-state index contributed by atoms with van der Waals surface area (Å²) in [4.78, 5) is 0.0384. The lowest BCUT2D eigenvalue weighted by atomic mass is 10.2. The van der Waals surface area contributed by atoms with Gasteiger partial charge in [-0.2, -0.15) is 0 Å². The molecule has 0 heterocycles. The Hall–Kier alpha value is -0.460. The minimum absolute atomic E-state index is 0.0384. The Kier molecular flexibility index (Phi) is 5.11. The molecule has 112 valence electrons. The van der Waals surface area contributed by atoms with E-state index < -0.39 is 9.05 Å². The zero-order valence-corrected chi connectivity index (χ0v) is 15.2. The number of hydrogen-bond acceptors (Lipinski definition) is 3. The number of hydrogen-bond donors (Lipinski definition) is 0. The van der Waals surface area contributed by atoms with Crippen molar-refractivity contribution < 1.29 is 13.2 Å². The number of aryl methyl sites for hydroxylation is 1. The zero-order chi connectivity index (χ0) is 15.8. The van der Waals surface area contributed by atoms with Gasteiger partial charge in [-0.25, -0.2) is 8.42 Å². The van der Waals surface area contributed by atoms with Crippen molar-refractivity contribution in [1.29, 1.82) is 0 Å². The van der Waals surface area contributed by atoms with Crippen molar-refractivity contribution >= 4 is 58.9 Å². The first kappa shape index (κ1) is 16.9. The van der Waals surface area contributed by atoms with Crippen LogP contribution in [0.3, 0.4) is 0 Å². The van der Waals surface area contributed by atoms with Gasteiger partial charge >= 0.3 is 0 Å². The van der Waals surface area contributed by atoms with Gasteiger partial charge in [0, 0.05) is 21.2 Å². The van der Waals surface area contributed by atoms with E-state index in [4.69, 9.17) is 38.6 Å². The third kappa shape index (κ3) is 4.05. The van der Waals surface area contributed by atoms with Crippen LogP contribution in [0.25, 0.3) is 0 Å². The van der Waals surface area contributed by atoms with Gasteiger partial charge in [0.05, 0.1) is 14.9 Å². The van der Waals surface area contributed by atoms with Gasteiger partial charge in [-0.3, -0.25) is 0 Å². The summed E-state index contributed by atoms with van der Waals surface area (Å²) in [5.41, 5.74) is 0.474. The molecular weight excluding hydrogens is 422 g/mol. The lowest BCUT2D eigenvalue weighted by Crippen LogP contribution is -1.95. The molecule has 0 unspecified atom stereocenters. The van der Waals surface area contributed by atoms with Crippen LogP contribution in [0.15, 0.2) is 39.7 Å². The maximum absolute atomic E-state index is 11.3. The summed E-state index contributed by atoms with van der Waals surface area (Å²) in [5.74, 6) is 0.794. The van der Waals surface area contributed by atoms with Crippen molar-refractivity contribution in [3.63, 3.8) is 0 Å². The first-order chi connectivity index (χ1) is 9.68. The first-order valence-electron chi connectivity index (χ1n) is 5.56. The summed E-state index contributed by atoms with van der Waals surface area (Å²) in [6, 6.07) is 7.61. The van der Waals surface area contributed by atoms with Gasteiger partial charge < -0.3 is 4.74 Å². The highest BCUT2D eigenvalue weighted by atomic mass is 79.9. The lowest BCUT2D eigenvalue weighted by molar-refractivity contribution is 0.482. The highest BCUT2D eigenvalue weighted by Gasteiger charge is 2.15. The predicted molar refractivity (Wildman–Crippen MR) is 88.5 cm³/mol. The van der Waals surface area contributed by atoms with E-state index in [9.17, 15) is 8.42 Å². The van der Waals surface area contributed by atoms with Crippen molar-refractivity contribution in [3.8, 4) is 11.5 Å². The quantitative estimate of drug-likeness (QED) is 0.458. The molecule has 0 saturated heterocycles. The molecule has 0 fully saturated rings. The summed E-state index contributed by atoms with van der Waals surface area (Å²) < 4.78 is 29.0. The Morgan fingerprint density at radius 3 is 2.33 bits per heavy atom. The van der Waals surface area contributed by atoms with E-state index in [2.05, 4.69) is 15.9 Å².